The van der Waals surface area contributed by atoms with Gasteiger partial charge in [0.2, 0.25) is 11.8 Å². The molecule has 0 unspecified atom stereocenters. The van der Waals surface area contributed by atoms with Crippen LogP contribution in [-0.2, 0) is 30.8 Å². The SMILES string of the molecule is CN1C(=O)CC(C(=O)NO)(S(=O)(=O)c2ccc(OCc3cccnc3)cc2)CC1=O. The second-order valence-electron chi connectivity index (χ2n) is 6.76. The Hall–Kier alpha value is -3.31. The number of pyridine rings is 1. The molecule has 1 aromatic heterocycles. The van der Waals surface area contributed by atoms with Gasteiger partial charge >= 0.3 is 0 Å². The molecule has 1 aromatic carbocycles. The van der Waals surface area contributed by atoms with Crippen molar-refractivity contribution in [2.45, 2.75) is 29.1 Å². The summed E-state index contributed by atoms with van der Waals surface area (Å²) in [5.41, 5.74) is 2.10. The maximum absolute atomic E-state index is 13.3. The number of likely N-dealkylation sites (tertiary alicyclic amines) is 1. The molecule has 2 N–H and O–H groups in total. The number of aromatic nitrogens is 1. The van der Waals surface area contributed by atoms with Crippen molar-refractivity contribution < 1.29 is 32.7 Å². The molecule has 0 atom stereocenters. The van der Waals surface area contributed by atoms with Crippen molar-refractivity contribution in [1.82, 2.24) is 15.4 Å². The predicted molar refractivity (Wildman–Crippen MR) is 102 cm³/mol. The number of benzene rings is 1. The minimum atomic E-state index is -4.51. The number of nitrogens with one attached hydrogen (secondary N) is 1. The lowest BCUT2D eigenvalue weighted by Gasteiger charge is -2.36. The van der Waals surface area contributed by atoms with E-state index in [9.17, 15) is 22.8 Å². The van der Waals surface area contributed by atoms with Gasteiger partial charge in [-0.25, -0.2) is 13.9 Å². The highest BCUT2D eigenvalue weighted by Gasteiger charge is 2.57. The summed E-state index contributed by atoms with van der Waals surface area (Å²) in [6.45, 7) is 0.214. The van der Waals surface area contributed by atoms with Gasteiger partial charge in [-0.05, 0) is 30.3 Å². The van der Waals surface area contributed by atoms with Crippen molar-refractivity contribution in [3.63, 3.8) is 0 Å². The number of amides is 3. The van der Waals surface area contributed by atoms with E-state index in [0.29, 0.717) is 5.75 Å². The third-order valence-corrected chi connectivity index (χ3v) is 7.31. The van der Waals surface area contributed by atoms with Gasteiger partial charge in [0.1, 0.15) is 12.4 Å². The zero-order valence-corrected chi connectivity index (χ0v) is 16.8. The molecular formula is C19H19N3O7S. The number of rotatable bonds is 6. The van der Waals surface area contributed by atoms with Gasteiger partial charge in [0.05, 0.1) is 17.7 Å². The summed E-state index contributed by atoms with van der Waals surface area (Å²) in [6, 6.07) is 8.79. The minimum Gasteiger partial charge on any atom is -0.489 e. The van der Waals surface area contributed by atoms with Crippen LogP contribution in [0.3, 0.4) is 0 Å². The molecule has 1 fully saturated rings. The van der Waals surface area contributed by atoms with E-state index in [1.165, 1.54) is 36.8 Å². The molecule has 30 heavy (non-hydrogen) atoms. The Morgan fingerprint density at radius 1 is 1.20 bits per heavy atom. The molecule has 0 spiro atoms. The summed E-state index contributed by atoms with van der Waals surface area (Å²) in [5.74, 6) is -2.65. The molecule has 1 aliphatic rings. The number of hydroxylamine groups is 1. The zero-order valence-electron chi connectivity index (χ0n) is 15.9. The van der Waals surface area contributed by atoms with Crippen molar-refractivity contribution in [2.75, 3.05) is 7.05 Å². The molecule has 1 saturated heterocycles. The fraction of sp³-hybridized carbons (Fsp3) is 0.263. The Balaban J connectivity index is 1.89. The van der Waals surface area contributed by atoms with Crippen LogP contribution in [-0.4, -0.2) is 53.0 Å². The molecule has 0 bridgehead atoms. The van der Waals surface area contributed by atoms with Gasteiger partial charge in [-0.2, -0.15) is 0 Å². The third kappa shape index (κ3) is 3.76. The lowest BCUT2D eigenvalue weighted by molar-refractivity contribution is -0.151. The van der Waals surface area contributed by atoms with Crippen LogP contribution in [0.5, 0.6) is 5.75 Å². The molecule has 0 saturated carbocycles. The Kier molecular flexibility index (Phi) is 5.85. The second-order valence-corrected chi connectivity index (χ2v) is 9.02. The monoisotopic (exact) mass is 433 g/mol. The van der Waals surface area contributed by atoms with Gasteiger partial charge in [0.15, 0.2) is 14.6 Å². The molecule has 11 heteroatoms. The number of carbonyl (C=O) groups excluding carboxylic acids is 3. The van der Waals surface area contributed by atoms with Crippen LogP contribution < -0.4 is 10.2 Å². The number of ether oxygens (including phenoxy) is 1. The number of hydrogen-bond donors (Lipinski definition) is 2. The fourth-order valence-electron chi connectivity index (χ4n) is 3.09. The fourth-order valence-corrected chi connectivity index (χ4v) is 4.95. The quantitative estimate of drug-likeness (QED) is 0.380. The van der Waals surface area contributed by atoms with Crippen LogP contribution in [0.15, 0.2) is 53.7 Å². The molecule has 0 aliphatic carbocycles. The van der Waals surface area contributed by atoms with Crippen LogP contribution in [0, 0.1) is 0 Å². The Bertz CT molecular complexity index is 1050. The Morgan fingerprint density at radius 2 is 1.83 bits per heavy atom. The van der Waals surface area contributed by atoms with Gasteiger partial charge < -0.3 is 4.74 Å². The first-order valence-corrected chi connectivity index (χ1v) is 10.3. The summed E-state index contributed by atoms with van der Waals surface area (Å²) in [4.78, 5) is 41.1. The van der Waals surface area contributed by atoms with E-state index in [1.54, 1.807) is 18.5 Å². The highest BCUT2D eigenvalue weighted by Crippen LogP contribution is 2.37. The topological polar surface area (TPSA) is 143 Å². The van der Waals surface area contributed by atoms with Gasteiger partial charge in [-0.3, -0.25) is 29.5 Å². The summed E-state index contributed by atoms with van der Waals surface area (Å²) in [6.07, 6.45) is 1.71. The van der Waals surface area contributed by atoms with Gasteiger partial charge in [-0.15, -0.1) is 0 Å². The van der Waals surface area contributed by atoms with Crippen molar-refractivity contribution in [2.24, 2.45) is 0 Å². The number of piperidine rings is 1. The van der Waals surface area contributed by atoms with Crippen LogP contribution in [0.1, 0.15) is 18.4 Å². The Morgan fingerprint density at radius 3 is 2.37 bits per heavy atom. The van der Waals surface area contributed by atoms with E-state index in [0.717, 1.165) is 10.5 Å². The molecule has 158 valence electrons. The molecule has 2 heterocycles. The van der Waals surface area contributed by atoms with Crippen LogP contribution in [0.25, 0.3) is 0 Å². The first-order chi connectivity index (χ1) is 14.2. The Labute approximate surface area is 172 Å². The van der Waals surface area contributed by atoms with Crippen LogP contribution in [0.4, 0.5) is 0 Å². The third-order valence-electron chi connectivity index (χ3n) is 4.91. The maximum atomic E-state index is 13.3. The average Bonchev–Trinajstić information content (AvgIpc) is 2.76. The van der Waals surface area contributed by atoms with E-state index in [2.05, 4.69) is 4.98 Å². The highest BCUT2D eigenvalue weighted by atomic mass is 32.2. The summed E-state index contributed by atoms with van der Waals surface area (Å²) in [5, 5.41) is 9.10. The van der Waals surface area contributed by atoms with Crippen LogP contribution >= 0.6 is 0 Å². The highest BCUT2D eigenvalue weighted by molar-refractivity contribution is 7.93. The molecule has 3 rings (SSSR count). The summed E-state index contributed by atoms with van der Waals surface area (Å²) < 4.78 is 29.6. The minimum absolute atomic E-state index is 0.214. The van der Waals surface area contributed by atoms with Crippen molar-refractivity contribution >= 4 is 27.6 Å². The summed E-state index contributed by atoms with van der Waals surface area (Å²) >= 11 is 0. The van der Waals surface area contributed by atoms with Gasteiger partial charge in [-0.1, -0.05) is 6.07 Å². The largest absolute Gasteiger partial charge is 0.489 e. The van der Waals surface area contributed by atoms with Crippen molar-refractivity contribution in [1.29, 1.82) is 0 Å². The van der Waals surface area contributed by atoms with E-state index < -0.39 is 45.1 Å². The maximum Gasteiger partial charge on any atom is 0.266 e. The first-order valence-electron chi connectivity index (χ1n) is 8.81. The average molecular weight is 433 g/mol. The van der Waals surface area contributed by atoms with Gasteiger partial charge in [0, 0.05) is 25.0 Å². The molecule has 3 amide bonds. The molecular weight excluding hydrogens is 414 g/mol. The lowest BCUT2D eigenvalue weighted by atomic mass is 9.94. The van der Waals surface area contributed by atoms with Gasteiger partial charge in [0.25, 0.3) is 5.91 Å². The number of imide groups is 1. The number of carbonyl (C=O) groups is 3. The van der Waals surface area contributed by atoms with E-state index in [-0.39, 0.29) is 11.5 Å². The lowest BCUT2D eigenvalue weighted by Crippen LogP contribution is -2.60. The first kappa shape index (κ1) is 21.4. The van der Waals surface area contributed by atoms with E-state index in [4.69, 9.17) is 9.94 Å². The van der Waals surface area contributed by atoms with E-state index >= 15 is 0 Å². The molecule has 1 aliphatic heterocycles. The smallest absolute Gasteiger partial charge is 0.266 e. The number of sulfone groups is 1. The standard InChI is InChI=1S/C19H19N3O7S/c1-22-16(23)9-19(10-17(22)24,18(25)21-26)30(27,28)15-6-4-14(5-7-15)29-12-13-3-2-8-20-11-13/h2-8,11,26H,9-10,12H2,1H3,(H,21,25). The van der Waals surface area contributed by atoms with Crippen molar-refractivity contribution in [3.05, 3.63) is 54.4 Å². The zero-order chi connectivity index (χ0) is 21.9. The summed E-state index contributed by atoms with van der Waals surface area (Å²) in [7, 11) is -3.31. The molecule has 0 radical (unpaired) electrons. The normalized spacial score (nSPS) is 16.3. The second kappa shape index (κ2) is 8.20. The molecule has 10 nitrogen and oxygen atoms in total. The van der Waals surface area contributed by atoms with Crippen molar-refractivity contribution in [3.8, 4) is 5.75 Å². The van der Waals surface area contributed by atoms with E-state index in [1.807, 2.05) is 6.07 Å². The van der Waals surface area contributed by atoms with Crippen LogP contribution in [0.2, 0.25) is 0 Å². The number of nitrogens with zero attached hydrogens (tertiary/aromatic N) is 2. The predicted octanol–water partition coefficient (Wildman–Crippen LogP) is 0.457. The number of hydrogen-bond acceptors (Lipinski definition) is 8. The molecule has 2 aromatic rings.